The molecule has 0 atom stereocenters. The van der Waals surface area contributed by atoms with Crippen molar-refractivity contribution in [3.63, 3.8) is 0 Å². The molecule has 30 heavy (non-hydrogen) atoms. The third-order valence-corrected chi connectivity index (χ3v) is 5.39. The molecule has 0 bridgehead atoms. The second-order valence-electron chi connectivity index (χ2n) is 6.73. The number of benzene rings is 3. The van der Waals surface area contributed by atoms with Crippen LogP contribution < -0.4 is 9.75 Å². The van der Waals surface area contributed by atoms with E-state index in [1.165, 1.54) is 5.01 Å². The van der Waals surface area contributed by atoms with Crippen molar-refractivity contribution >= 4 is 46.6 Å². The monoisotopic (exact) mass is 436 g/mol. The minimum atomic E-state index is -0.235. The molecule has 0 saturated carbocycles. The normalized spacial score (nSPS) is 14.9. The van der Waals surface area contributed by atoms with Crippen molar-refractivity contribution in [2.75, 3.05) is 5.01 Å². The van der Waals surface area contributed by atoms with Gasteiger partial charge in [0.1, 0.15) is 12.4 Å². The highest BCUT2D eigenvalue weighted by Crippen LogP contribution is 2.32. The maximum atomic E-state index is 13.0. The predicted octanol–water partition coefficient (Wildman–Crippen LogP) is 6.38. The summed E-state index contributed by atoms with van der Waals surface area (Å²) in [6.45, 7) is 2.13. The number of nitrogens with zero attached hydrogens (tertiary/aromatic N) is 2. The van der Waals surface area contributed by atoms with Gasteiger partial charge in [-0.25, -0.2) is 0 Å². The average Bonchev–Trinajstić information content (AvgIpc) is 3.02. The number of anilines is 1. The fourth-order valence-electron chi connectivity index (χ4n) is 3.13. The van der Waals surface area contributed by atoms with Gasteiger partial charge in [0.25, 0.3) is 5.91 Å². The summed E-state index contributed by atoms with van der Waals surface area (Å²) in [4.78, 5) is 13.0. The van der Waals surface area contributed by atoms with Crippen LogP contribution in [0.1, 0.15) is 18.1 Å². The molecule has 0 saturated heterocycles. The number of para-hydroxylation sites is 2. The molecule has 0 spiro atoms. The van der Waals surface area contributed by atoms with E-state index in [1.54, 1.807) is 25.1 Å². The molecule has 0 N–H and O–H groups in total. The van der Waals surface area contributed by atoms with Gasteiger partial charge in [-0.05, 0) is 37.3 Å². The Kier molecular flexibility index (Phi) is 5.88. The van der Waals surface area contributed by atoms with Crippen LogP contribution in [0.4, 0.5) is 5.69 Å². The first-order valence-corrected chi connectivity index (χ1v) is 10.1. The molecule has 6 heteroatoms. The van der Waals surface area contributed by atoms with Gasteiger partial charge >= 0.3 is 0 Å². The SMILES string of the molecule is CC1=NN(c2ccccc2Cl)C(=O)C1=Cc1ccccc1OCc1ccccc1Cl. The van der Waals surface area contributed by atoms with E-state index in [9.17, 15) is 4.79 Å². The molecule has 4 rings (SSSR count). The molecule has 4 nitrogen and oxygen atoms in total. The largest absolute Gasteiger partial charge is 0.488 e. The Balaban J connectivity index is 1.61. The summed E-state index contributed by atoms with van der Waals surface area (Å²) in [6.07, 6.45) is 1.79. The topological polar surface area (TPSA) is 41.9 Å². The first kappa shape index (κ1) is 20.2. The minimum Gasteiger partial charge on any atom is -0.488 e. The van der Waals surface area contributed by atoms with Crippen molar-refractivity contribution < 1.29 is 9.53 Å². The third kappa shape index (κ3) is 4.11. The lowest BCUT2D eigenvalue weighted by atomic mass is 10.1. The van der Waals surface area contributed by atoms with Crippen LogP contribution in [0.5, 0.6) is 5.75 Å². The van der Waals surface area contributed by atoms with Crippen LogP contribution in [0, 0.1) is 0 Å². The first-order chi connectivity index (χ1) is 14.5. The van der Waals surface area contributed by atoms with Crippen molar-refractivity contribution in [1.82, 2.24) is 0 Å². The molecule has 0 fully saturated rings. The molecule has 3 aromatic rings. The summed E-state index contributed by atoms with van der Waals surface area (Å²) in [5, 5.41) is 6.85. The molecule has 0 aromatic heterocycles. The van der Waals surface area contributed by atoms with Crippen LogP contribution in [0.3, 0.4) is 0 Å². The van der Waals surface area contributed by atoms with Gasteiger partial charge in [0, 0.05) is 16.1 Å². The van der Waals surface area contributed by atoms with Crippen LogP contribution in [-0.2, 0) is 11.4 Å². The molecule has 1 heterocycles. The highest BCUT2D eigenvalue weighted by molar-refractivity contribution is 6.37. The van der Waals surface area contributed by atoms with Crippen molar-refractivity contribution in [2.45, 2.75) is 13.5 Å². The van der Waals surface area contributed by atoms with Crippen LogP contribution in [-0.4, -0.2) is 11.6 Å². The van der Waals surface area contributed by atoms with Crippen LogP contribution in [0.25, 0.3) is 6.08 Å². The Labute approximate surface area is 185 Å². The standard InChI is InChI=1S/C24H18Cl2N2O2/c1-16-19(24(29)28(27-16)22-12-6-5-11-21(22)26)14-17-8-3-7-13-23(17)30-15-18-9-2-4-10-20(18)25/h2-14H,15H2,1H3. The number of carbonyl (C=O) groups excluding carboxylic acids is 1. The summed E-state index contributed by atoms with van der Waals surface area (Å²) >= 11 is 12.5. The summed E-state index contributed by atoms with van der Waals surface area (Å²) in [6, 6.07) is 22.2. The van der Waals surface area contributed by atoms with Crippen molar-refractivity contribution in [1.29, 1.82) is 0 Å². The number of ether oxygens (including phenoxy) is 1. The number of amides is 1. The lowest BCUT2D eigenvalue weighted by Gasteiger charge is -2.13. The molecule has 150 valence electrons. The van der Waals surface area contributed by atoms with Crippen molar-refractivity contribution in [2.24, 2.45) is 5.10 Å². The van der Waals surface area contributed by atoms with E-state index in [0.717, 1.165) is 11.1 Å². The second-order valence-corrected chi connectivity index (χ2v) is 7.54. The van der Waals surface area contributed by atoms with Gasteiger partial charge in [-0.15, -0.1) is 0 Å². The molecule has 1 aliphatic heterocycles. The van der Waals surface area contributed by atoms with Crippen LogP contribution in [0.2, 0.25) is 10.0 Å². The molecule has 1 aliphatic rings. The molecule has 0 aliphatic carbocycles. The third-order valence-electron chi connectivity index (χ3n) is 4.70. The Morgan fingerprint density at radius 1 is 0.933 bits per heavy atom. The van der Waals surface area contributed by atoms with Crippen LogP contribution >= 0.6 is 23.2 Å². The number of carbonyl (C=O) groups is 1. The van der Waals surface area contributed by atoms with E-state index in [0.29, 0.717) is 39.4 Å². The van der Waals surface area contributed by atoms with E-state index < -0.39 is 0 Å². The van der Waals surface area contributed by atoms with E-state index in [1.807, 2.05) is 60.7 Å². The van der Waals surface area contributed by atoms with E-state index in [2.05, 4.69) is 5.10 Å². The highest BCUT2D eigenvalue weighted by atomic mass is 35.5. The summed E-state index contributed by atoms with van der Waals surface area (Å²) in [7, 11) is 0. The summed E-state index contributed by atoms with van der Waals surface area (Å²) in [5.41, 5.74) is 3.32. The Hall–Kier alpha value is -3.08. The molecule has 3 aromatic carbocycles. The number of hydrogen-bond donors (Lipinski definition) is 0. The zero-order chi connectivity index (χ0) is 21.1. The number of hydrogen-bond acceptors (Lipinski definition) is 3. The predicted molar refractivity (Wildman–Crippen MR) is 122 cm³/mol. The molecule has 0 unspecified atom stereocenters. The quantitative estimate of drug-likeness (QED) is 0.435. The fourth-order valence-corrected chi connectivity index (χ4v) is 3.53. The van der Waals surface area contributed by atoms with E-state index >= 15 is 0 Å². The van der Waals surface area contributed by atoms with Crippen LogP contribution in [0.15, 0.2) is 83.5 Å². The first-order valence-electron chi connectivity index (χ1n) is 9.36. The van der Waals surface area contributed by atoms with Crippen molar-refractivity contribution in [3.05, 3.63) is 99.5 Å². The molecular formula is C24H18Cl2N2O2. The number of halogens is 2. The average molecular weight is 437 g/mol. The highest BCUT2D eigenvalue weighted by Gasteiger charge is 2.30. The molecule has 1 amide bonds. The van der Waals surface area contributed by atoms with Gasteiger partial charge in [-0.3, -0.25) is 4.79 Å². The lowest BCUT2D eigenvalue weighted by molar-refractivity contribution is -0.114. The van der Waals surface area contributed by atoms with Gasteiger partial charge in [-0.2, -0.15) is 10.1 Å². The minimum absolute atomic E-state index is 0.235. The van der Waals surface area contributed by atoms with E-state index in [4.69, 9.17) is 27.9 Å². The zero-order valence-electron chi connectivity index (χ0n) is 16.2. The smallest absolute Gasteiger partial charge is 0.280 e. The number of hydrazone groups is 1. The van der Waals surface area contributed by atoms with E-state index in [-0.39, 0.29) is 5.91 Å². The molecule has 0 radical (unpaired) electrons. The van der Waals surface area contributed by atoms with Gasteiger partial charge in [-0.1, -0.05) is 71.7 Å². The fraction of sp³-hybridized carbons (Fsp3) is 0.0833. The Morgan fingerprint density at radius 3 is 2.37 bits per heavy atom. The maximum Gasteiger partial charge on any atom is 0.280 e. The number of rotatable bonds is 5. The Morgan fingerprint density at radius 2 is 1.60 bits per heavy atom. The van der Waals surface area contributed by atoms with Crippen molar-refractivity contribution in [3.8, 4) is 5.75 Å². The zero-order valence-corrected chi connectivity index (χ0v) is 17.7. The van der Waals surface area contributed by atoms with Gasteiger partial charge in [0.05, 0.1) is 22.0 Å². The maximum absolute atomic E-state index is 13.0. The summed E-state index contributed by atoms with van der Waals surface area (Å²) in [5.74, 6) is 0.420. The summed E-state index contributed by atoms with van der Waals surface area (Å²) < 4.78 is 6.00. The van der Waals surface area contributed by atoms with Gasteiger partial charge in [0.2, 0.25) is 0 Å². The Bertz CT molecular complexity index is 1170. The van der Waals surface area contributed by atoms with Gasteiger partial charge < -0.3 is 4.74 Å². The second kappa shape index (κ2) is 8.74. The molecular weight excluding hydrogens is 419 g/mol. The van der Waals surface area contributed by atoms with Gasteiger partial charge in [0.15, 0.2) is 0 Å². The lowest BCUT2D eigenvalue weighted by Crippen LogP contribution is -2.21.